The molecule has 0 aromatic carbocycles. The van der Waals surface area contributed by atoms with Crippen LogP contribution in [0.15, 0.2) is 0 Å². The zero-order valence-corrected chi connectivity index (χ0v) is 5.72. The van der Waals surface area contributed by atoms with E-state index in [0.717, 1.165) is 0 Å². The van der Waals surface area contributed by atoms with Gasteiger partial charge in [0, 0.05) is 13.8 Å². The van der Waals surface area contributed by atoms with Gasteiger partial charge in [0.15, 0.2) is 0 Å². The topological polar surface area (TPSA) is 138 Å². The van der Waals surface area contributed by atoms with E-state index in [1.165, 1.54) is 13.8 Å². The van der Waals surface area contributed by atoms with Crippen molar-refractivity contribution in [1.82, 2.24) is 0 Å². The van der Waals surface area contributed by atoms with Crippen LogP contribution in [0.5, 0.6) is 0 Å². The summed E-state index contributed by atoms with van der Waals surface area (Å²) in [6, 6.07) is 0. The minimum absolute atomic E-state index is 0. The summed E-state index contributed by atoms with van der Waals surface area (Å²) in [5.41, 5.74) is 0. The fourth-order valence-corrected chi connectivity index (χ4v) is 0.202. The number of ether oxygens (including phenoxy) is 1. The molecule has 0 saturated carbocycles. The number of hydrogen-bond acceptors (Lipinski definition) is 3. The third-order valence-corrected chi connectivity index (χ3v) is 0.287. The predicted octanol–water partition coefficient (Wildman–Crippen LogP) is -3.03. The van der Waals surface area contributed by atoms with Crippen molar-refractivity contribution < 1.29 is 30.8 Å². The summed E-state index contributed by atoms with van der Waals surface area (Å²) in [5, 5.41) is 0. The Hall–Kier alpha value is 0.0200. The summed E-state index contributed by atoms with van der Waals surface area (Å²) < 4.78 is 3.97. The first-order valence-corrected chi connectivity index (χ1v) is 1.82. The fraction of sp³-hybridized carbons (Fsp3) is 0.500. The van der Waals surface area contributed by atoms with Gasteiger partial charge in [-0.25, -0.2) is 0 Å². The number of rotatable bonds is 0. The summed E-state index contributed by atoms with van der Waals surface area (Å²) in [6.45, 7) is 2.36. The molecule has 66 valence electrons. The normalized spacial score (nSPS) is 4.91. The van der Waals surface area contributed by atoms with E-state index in [-0.39, 0.29) is 46.0 Å². The first-order valence-electron chi connectivity index (χ1n) is 1.82. The Morgan fingerprint density at radius 1 is 0.909 bits per heavy atom. The van der Waals surface area contributed by atoms with Crippen molar-refractivity contribution in [2.45, 2.75) is 13.8 Å². The molecule has 0 spiro atoms. The van der Waals surface area contributed by atoms with Gasteiger partial charge < -0.3 is 21.2 Å². The van der Waals surface area contributed by atoms with Gasteiger partial charge in [-0.2, -0.15) is 0 Å². The molecule has 0 fully saturated rings. The van der Waals surface area contributed by atoms with Gasteiger partial charge in [-0.3, -0.25) is 9.59 Å². The van der Waals surface area contributed by atoms with E-state index in [9.17, 15) is 9.59 Å². The van der Waals surface area contributed by atoms with Crippen molar-refractivity contribution in [3.05, 3.63) is 0 Å². The van der Waals surface area contributed by atoms with E-state index < -0.39 is 11.9 Å². The van der Waals surface area contributed by atoms with E-state index in [2.05, 4.69) is 4.74 Å². The van der Waals surface area contributed by atoms with E-state index in [1.54, 1.807) is 0 Å². The molecule has 0 bridgehead atoms. The monoisotopic (exact) mass is 180 g/mol. The maximum atomic E-state index is 9.81. The van der Waals surface area contributed by atoms with Crippen LogP contribution in [-0.2, 0) is 14.3 Å². The quantitative estimate of drug-likeness (QED) is 0.222. The van der Waals surface area contributed by atoms with Crippen molar-refractivity contribution in [3.63, 3.8) is 0 Å². The Kier molecular flexibility index (Phi) is 45.9. The van der Waals surface area contributed by atoms with Crippen LogP contribution in [0.4, 0.5) is 0 Å². The van der Waals surface area contributed by atoms with Crippen LogP contribution < -0.4 is 0 Å². The Labute approximate surface area is 86.1 Å². The Bertz CT molecular complexity index is 90.8. The second-order valence-electron chi connectivity index (χ2n) is 1.09. The molecule has 0 radical (unpaired) electrons. The van der Waals surface area contributed by atoms with Crippen molar-refractivity contribution >= 4 is 41.5 Å². The number of carbonyl (C=O) groups excluding carboxylic acids is 2. The van der Waals surface area contributed by atoms with Gasteiger partial charge in [0.1, 0.15) is 0 Å². The van der Waals surface area contributed by atoms with Crippen LogP contribution in [0.2, 0.25) is 0 Å². The third kappa shape index (κ3) is 39.9. The van der Waals surface area contributed by atoms with Crippen molar-refractivity contribution in [3.8, 4) is 0 Å². The average molecular weight is 180 g/mol. The van der Waals surface area contributed by atoms with Gasteiger partial charge in [-0.15, -0.1) is 0 Å². The van der Waals surface area contributed by atoms with E-state index in [0.29, 0.717) is 0 Å². The van der Waals surface area contributed by atoms with E-state index >= 15 is 0 Å². The molecule has 0 aliphatic heterocycles. The standard InChI is InChI=1S/C4H6O3.Na.3H2O.H/c1-3(5)7-4(2)6;;;;;/h1-2H3;;3*1H2;. The molecule has 0 atom stereocenters. The zero-order valence-electron chi connectivity index (χ0n) is 5.72. The van der Waals surface area contributed by atoms with Gasteiger partial charge >= 0.3 is 41.5 Å². The van der Waals surface area contributed by atoms with Crippen molar-refractivity contribution in [1.29, 1.82) is 0 Å². The SMILES string of the molecule is CC(=O)OC(C)=O.O.O.O.[NaH]. The number of esters is 2. The molecule has 0 amide bonds. The van der Waals surface area contributed by atoms with Gasteiger partial charge in [0.2, 0.25) is 0 Å². The molecule has 6 nitrogen and oxygen atoms in total. The average Bonchev–Trinajstić information content (AvgIpc) is 1.27. The van der Waals surface area contributed by atoms with Crippen molar-refractivity contribution in [2.75, 3.05) is 0 Å². The third-order valence-electron chi connectivity index (χ3n) is 0.287. The summed E-state index contributed by atoms with van der Waals surface area (Å²) in [7, 11) is 0. The Morgan fingerprint density at radius 3 is 1.09 bits per heavy atom. The molecule has 0 aliphatic carbocycles. The van der Waals surface area contributed by atoms with Gasteiger partial charge in [-0.1, -0.05) is 0 Å². The summed E-state index contributed by atoms with van der Waals surface area (Å²) in [5.74, 6) is -1.12. The second-order valence-corrected chi connectivity index (χ2v) is 1.09. The molecular formula is C4H13NaO6. The molecule has 7 heteroatoms. The molecule has 0 aromatic heterocycles. The number of carbonyl (C=O) groups is 2. The molecule has 0 aliphatic rings. The maximum absolute atomic E-state index is 9.81. The summed E-state index contributed by atoms with van der Waals surface area (Å²) >= 11 is 0. The van der Waals surface area contributed by atoms with Crippen LogP contribution in [0.25, 0.3) is 0 Å². The molecule has 6 N–H and O–H groups in total. The molecule has 0 aromatic rings. The molecule has 0 saturated heterocycles. The molecule has 11 heavy (non-hydrogen) atoms. The first kappa shape index (κ1) is 30.5. The molecule has 0 unspecified atom stereocenters. The van der Waals surface area contributed by atoms with Crippen LogP contribution >= 0.6 is 0 Å². The van der Waals surface area contributed by atoms with Gasteiger partial charge in [0.05, 0.1) is 0 Å². The van der Waals surface area contributed by atoms with Crippen LogP contribution in [0.3, 0.4) is 0 Å². The van der Waals surface area contributed by atoms with Crippen LogP contribution in [0.1, 0.15) is 13.8 Å². The molecule has 0 rings (SSSR count). The predicted molar refractivity (Wildman–Crippen MR) is 40.4 cm³/mol. The molecule has 0 heterocycles. The number of hydrogen-bond donors (Lipinski definition) is 0. The van der Waals surface area contributed by atoms with E-state index in [1.807, 2.05) is 0 Å². The summed E-state index contributed by atoms with van der Waals surface area (Å²) in [4.78, 5) is 19.6. The second kappa shape index (κ2) is 16.5. The van der Waals surface area contributed by atoms with Gasteiger partial charge in [-0.05, 0) is 0 Å². The van der Waals surface area contributed by atoms with Crippen LogP contribution in [-0.4, -0.2) is 57.9 Å². The van der Waals surface area contributed by atoms with E-state index in [4.69, 9.17) is 0 Å². The van der Waals surface area contributed by atoms with Crippen molar-refractivity contribution in [2.24, 2.45) is 0 Å². The Morgan fingerprint density at radius 2 is 1.09 bits per heavy atom. The first-order chi connectivity index (χ1) is 3.13. The van der Waals surface area contributed by atoms with Gasteiger partial charge in [0.25, 0.3) is 0 Å². The molecular weight excluding hydrogens is 167 g/mol. The summed E-state index contributed by atoms with van der Waals surface area (Å²) in [6.07, 6.45) is 0. The minimum atomic E-state index is -0.562. The van der Waals surface area contributed by atoms with Crippen LogP contribution in [0, 0.1) is 0 Å². The zero-order chi connectivity index (χ0) is 5.86. The Balaban J connectivity index is -0.0000000300. The fourth-order valence-electron chi connectivity index (χ4n) is 0.202.